The molecule has 0 aliphatic carbocycles. The van der Waals surface area contributed by atoms with E-state index in [1.165, 1.54) is 24.2 Å². The highest BCUT2D eigenvalue weighted by Crippen LogP contribution is 2.30. The fourth-order valence-electron chi connectivity index (χ4n) is 3.38. The van der Waals surface area contributed by atoms with Crippen molar-refractivity contribution in [3.8, 4) is 11.1 Å². The van der Waals surface area contributed by atoms with Crippen molar-refractivity contribution in [1.82, 2.24) is 20.6 Å². The molecule has 0 unspecified atom stereocenters. The Kier molecular flexibility index (Phi) is 12.7. The van der Waals surface area contributed by atoms with Gasteiger partial charge in [0.2, 0.25) is 5.78 Å². The Morgan fingerprint density at radius 2 is 1.63 bits per heavy atom. The number of aromatic nitrogens is 2. The summed E-state index contributed by atoms with van der Waals surface area (Å²) in [6, 6.07) is 11.9. The molecule has 2 aromatic carbocycles. The largest absolute Gasteiger partial charge is 0.388 e. The molecule has 4 rings (SSSR count). The lowest BCUT2D eigenvalue weighted by atomic mass is 9.99. The second-order valence-electron chi connectivity index (χ2n) is 8.21. The topological polar surface area (TPSA) is 93.9 Å². The average Bonchev–Trinajstić information content (AvgIpc) is 3.34. The van der Waals surface area contributed by atoms with E-state index in [9.17, 15) is 9.18 Å². The second kappa shape index (κ2) is 15.7. The molecule has 10 heteroatoms. The van der Waals surface area contributed by atoms with E-state index >= 15 is 4.39 Å². The smallest absolute Gasteiger partial charge is 0.201 e. The Morgan fingerprint density at radius 3 is 2.24 bits per heavy atom. The minimum absolute atomic E-state index is 0.0801. The van der Waals surface area contributed by atoms with Crippen molar-refractivity contribution in [2.75, 3.05) is 51.0 Å². The number of nitrogens with one attached hydrogen (secondary N) is 5. The number of nitrogens with zero attached hydrogens (tertiary/aromatic N) is 1. The second-order valence-corrected chi connectivity index (χ2v) is 9.11. The van der Waals surface area contributed by atoms with Crippen LogP contribution in [0.3, 0.4) is 0 Å². The summed E-state index contributed by atoms with van der Waals surface area (Å²) in [6.07, 6.45) is 4.03. The molecular formula is C28H36F2N6OS. The van der Waals surface area contributed by atoms with Crippen LogP contribution >= 0.6 is 11.9 Å². The number of aromatic amines is 1. The third-order valence-electron chi connectivity index (χ3n) is 5.09. The van der Waals surface area contributed by atoms with Gasteiger partial charge < -0.3 is 25.7 Å². The molecule has 38 heavy (non-hydrogen) atoms. The van der Waals surface area contributed by atoms with Gasteiger partial charge in [0.15, 0.2) is 5.82 Å². The standard InChI is InChI=1S/C24H22F2N4OS.2C2H7N/c1-3-10-32-30-20-9-8-19(25)21(22(20)26)23(31)18-13-29-24-17(18)11-15(12-28-24)14-4-6-16(27-2)7-5-14;2*1-3-2/h4-9,11-13,27,30H,3,10H2,1-2H3,(H,28,29);2*3H,1-2H3. The summed E-state index contributed by atoms with van der Waals surface area (Å²) in [6.45, 7) is 2.00. The molecule has 204 valence electrons. The van der Waals surface area contributed by atoms with E-state index in [0.29, 0.717) is 11.0 Å². The number of anilines is 2. The van der Waals surface area contributed by atoms with E-state index in [1.54, 1.807) is 12.3 Å². The molecular weight excluding hydrogens is 506 g/mol. The van der Waals surface area contributed by atoms with Crippen LogP contribution in [0.15, 0.2) is 54.9 Å². The van der Waals surface area contributed by atoms with Gasteiger partial charge in [0, 0.05) is 47.4 Å². The number of carbonyl (C=O) groups excluding carboxylic acids is 1. The van der Waals surface area contributed by atoms with Crippen LogP contribution in [-0.2, 0) is 0 Å². The van der Waals surface area contributed by atoms with E-state index in [-0.39, 0.29) is 11.3 Å². The van der Waals surface area contributed by atoms with Crippen molar-refractivity contribution in [2.24, 2.45) is 0 Å². The molecule has 4 aromatic rings. The number of hydrogen-bond donors (Lipinski definition) is 5. The molecule has 0 bridgehead atoms. The molecule has 7 nitrogen and oxygen atoms in total. The van der Waals surface area contributed by atoms with Crippen molar-refractivity contribution in [2.45, 2.75) is 13.3 Å². The number of carbonyl (C=O) groups is 1. The van der Waals surface area contributed by atoms with Gasteiger partial charge >= 0.3 is 0 Å². The van der Waals surface area contributed by atoms with E-state index in [1.807, 2.05) is 66.4 Å². The summed E-state index contributed by atoms with van der Waals surface area (Å²) in [5.74, 6) is -1.79. The van der Waals surface area contributed by atoms with Crippen LogP contribution in [0.4, 0.5) is 20.2 Å². The van der Waals surface area contributed by atoms with Crippen LogP contribution in [-0.4, -0.2) is 56.7 Å². The van der Waals surface area contributed by atoms with Gasteiger partial charge in [-0.15, -0.1) is 0 Å². The SMILES string of the molecule is CCCSNc1ccc(F)c(C(=O)c2c[nH]c3ncc(-c4ccc(NC)cc4)cc23)c1F.CNC.CNC. The van der Waals surface area contributed by atoms with Gasteiger partial charge in [-0.05, 0) is 70.5 Å². The molecule has 0 saturated heterocycles. The zero-order valence-electron chi connectivity index (χ0n) is 22.6. The van der Waals surface area contributed by atoms with Crippen molar-refractivity contribution in [1.29, 1.82) is 0 Å². The van der Waals surface area contributed by atoms with Crippen molar-refractivity contribution >= 4 is 40.1 Å². The van der Waals surface area contributed by atoms with Crippen LogP contribution in [0, 0.1) is 11.6 Å². The van der Waals surface area contributed by atoms with E-state index in [2.05, 4.69) is 30.6 Å². The van der Waals surface area contributed by atoms with E-state index < -0.39 is 23.0 Å². The molecule has 0 amide bonds. The molecule has 0 fully saturated rings. The molecule has 2 aromatic heterocycles. The lowest BCUT2D eigenvalue weighted by Crippen LogP contribution is -2.09. The van der Waals surface area contributed by atoms with E-state index in [4.69, 9.17) is 0 Å². The first-order valence-corrected chi connectivity index (χ1v) is 13.2. The van der Waals surface area contributed by atoms with Crippen LogP contribution in [0.2, 0.25) is 0 Å². The number of hydrogen-bond acceptors (Lipinski definition) is 7. The highest BCUT2D eigenvalue weighted by Gasteiger charge is 2.24. The van der Waals surface area contributed by atoms with Crippen LogP contribution < -0.4 is 20.7 Å². The summed E-state index contributed by atoms with van der Waals surface area (Å²) < 4.78 is 32.5. The maximum absolute atomic E-state index is 15.1. The van der Waals surface area contributed by atoms with Crippen LogP contribution in [0.5, 0.6) is 0 Å². The Morgan fingerprint density at radius 1 is 0.974 bits per heavy atom. The highest BCUT2D eigenvalue weighted by atomic mass is 32.2. The molecule has 5 N–H and O–H groups in total. The summed E-state index contributed by atoms with van der Waals surface area (Å²) in [7, 11) is 9.34. The maximum atomic E-state index is 15.1. The van der Waals surface area contributed by atoms with Gasteiger partial charge in [0.1, 0.15) is 11.5 Å². The minimum Gasteiger partial charge on any atom is -0.388 e. The molecule has 0 atom stereocenters. The third kappa shape index (κ3) is 7.77. The van der Waals surface area contributed by atoms with Crippen molar-refractivity contribution in [3.63, 3.8) is 0 Å². The zero-order chi connectivity index (χ0) is 28.1. The molecule has 0 radical (unpaired) electrons. The average molecular weight is 543 g/mol. The Labute approximate surface area is 227 Å². The Bertz CT molecular complexity index is 1310. The lowest BCUT2D eigenvalue weighted by Gasteiger charge is -2.10. The van der Waals surface area contributed by atoms with Gasteiger partial charge in [-0.1, -0.05) is 31.0 Å². The Balaban J connectivity index is 0.000000773. The minimum atomic E-state index is -0.903. The number of halogens is 2. The van der Waals surface area contributed by atoms with Gasteiger partial charge in [0.05, 0.1) is 11.3 Å². The number of H-pyrrole nitrogens is 1. The fourth-order valence-corrected chi connectivity index (χ4v) is 4.00. The quantitative estimate of drug-likeness (QED) is 0.107. The number of benzene rings is 2. The first-order chi connectivity index (χ1) is 18.4. The van der Waals surface area contributed by atoms with Crippen LogP contribution in [0.1, 0.15) is 29.3 Å². The summed E-state index contributed by atoms with van der Waals surface area (Å²) >= 11 is 1.30. The fraction of sp³-hybridized carbons (Fsp3) is 0.286. The summed E-state index contributed by atoms with van der Waals surface area (Å²) in [5.41, 5.74) is 2.80. The van der Waals surface area contributed by atoms with Gasteiger partial charge in [-0.25, -0.2) is 13.8 Å². The number of ketones is 1. The molecule has 0 spiro atoms. The monoisotopic (exact) mass is 542 g/mol. The number of fused-ring (bicyclic) bond motifs is 1. The van der Waals surface area contributed by atoms with Gasteiger partial charge in [0.25, 0.3) is 0 Å². The predicted octanol–water partition coefficient (Wildman–Crippen LogP) is 5.92. The number of rotatable bonds is 8. The molecule has 0 aliphatic heterocycles. The lowest BCUT2D eigenvalue weighted by molar-refractivity contribution is 0.103. The molecule has 2 heterocycles. The summed E-state index contributed by atoms with van der Waals surface area (Å²) in [5, 5.41) is 9.06. The molecule has 0 saturated carbocycles. The first-order valence-electron chi connectivity index (χ1n) is 12.2. The Hall–Kier alpha value is -3.47. The van der Waals surface area contributed by atoms with E-state index in [0.717, 1.165) is 35.1 Å². The first kappa shape index (κ1) is 30.8. The zero-order valence-corrected chi connectivity index (χ0v) is 23.4. The molecule has 0 aliphatic rings. The summed E-state index contributed by atoms with van der Waals surface area (Å²) in [4.78, 5) is 20.5. The van der Waals surface area contributed by atoms with Crippen molar-refractivity contribution < 1.29 is 13.6 Å². The number of pyridine rings is 1. The van der Waals surface area contributed by atoms with Gasteiger partial charge in [-0.3, -0.25) is 4.79 Å². The normalized spacial score (nSPS) is 10.2. The predicted molar refractivity (Wildman–Crippen MR) is 157 cm³/mol. The van der Waals surface area contributed by atoms with Crippen LogP contribution in [0.25, 0.3) is 22.2 Å². The van der Waals surface area contributed by atoms with Gasteiger partial charge in [-0.2, -0.15) is 0 Å². The third-order valence-corrected chi connectivity index (χ3v) is 6.07. The highest BCUT2D eigenvalue weighted by molar-refractivity contribution is 8.00. The van der Waals surface area contributed by atoms with Crippen molar-refractivity contribution in [3.05, 3.63) is 77.6 Å². The maximum Gasteiger partial charge on any atom is 0.201 e.